The molecule has 0 radical (unpaired) electrons. The highest BCUT2D eigenvalue weighted by atomic mass is 19.1. The number of hydrogen-bond acceptors (Lipinski definition) is 5. The molecule has 2 heterocycles. The highest BCUT2D eigenvalue weighted by Crippen LogP contribution is 2.35. The van der Waals surface area contributed by atoms with Crippen LogP contribution in [0.1, 0.15) is 49.3 Å². The number of rotatable bonds is 5. The van der Waals surface area contributed by atoms with Gasteiger partial charge >= 0.3 is 12.1 Å². The average molecular weight is 510 g/mol. The first-order valence-electron chi connectivity index (χ1n) is 11.6. The standard InChI is InChI=1S/C27H25F2N3O5/c1-27(2,3)37-26(35)31-12-11-17(14-31)32-15-20(19(13-30)23(32)25(33)34)16-7-9-18(10-8-16)36-24-21(28)5-4-6-22(24)29/h4-10,15,17H,11-12,14H2,1-3H3,(H,33,34)/t17-/m1/s1. The fraction of sp³-hybridized carbons (Fsp3) is 0.296. The number of aromatic carboxylic acids is 1. The number of carboxylic acids is 1. The van der Waals surface area contributed by atoms with E-state index in [9.17, 15) is 28.7 Å². The van der Waals surface area contributed by atoms with Gasteiger partial charge in [-0.05, 0) is 57.0 Å². The fourth-order valence-electron chi connectivity index (χ4n) is 4.22. The Balaban J connectivity index is 1.62. The van der Waals surface area contributed by atoms with Crippen LogP contribution in [-0.4, -0.2) is 45.3 Å². The predicted octanol–water partition coefficient (Wildman–Crippen LogP) is 5.98. The van der Waals surface area contributed by atoms with Gasteiger partial charge in [0, 0.05) is 24.8 Å². The van der Waals surface area contributed by atoms with Gasteiger partial charge in [-0.1, -0.05) is 18.2 Å². The van der Waals surface area contributed by atoms with Crippen molar-refractivity contribution in [1.82, 2.24) is 9.47 Å². The number of aromatic nitrogens is 1. The maximum atomic E-state index is 13.9. The van der Waals surface area contributed by atoms with Crippen LogP contribution in [0.25, 0.3) is 11.1 Å². The molecule has 1 atom stereocenters. The number of amides is 1. The van der Waals surface area contributed by atoms with E-state index >= 15 is 0 Å². The zero-order valence-corrected chi connectivity index (χ0v) is 20.5. The van der Waals surface area contributed by atoms with Crippen LogP contribution >= 0.6 is 0 Å². The molecule has 1 aliphatic heterocycles. The van der Waals surface area contributed by atoms with Gasteiger partial charge in [0.15, 0.2) is 17.4 Å². The normalized spacial score (nSPS) is 15.4. The molecule has 37 heavy (non-hydrogen) atoms. The van der Waals surface area contributed by atoms with Crippen LogP contribution in [0.2, 0.25) is 0 Å². The van der Waals surface area contributed by atoms with E-state index < -0.39 is 35.0 Å². The van der Waals surface area contributed by atoms with Crippen LogP contribution in [0.4, 0.5) is 13.6 Å². The molecule has 0 saturated carbocycles. The Bertz CT molecular complexity index is 1370. The summed E-state index contributed by atoms with van der Waals surface area (Å²) in [5.41, 5.74) is 0.0175. The Morgan fingerprint density at radius 1 is 1.11 bits per heavy atom. The van der Waals surface area contributed by atoms with Gasteiger partial charge in [-0.15, -0.1) is 0 Å². The molecule has 0 unspecified atom stereocenters. The predicted molar refractivity (Wildman–Crippen MR) is 129 cm³/mol. The molecule has 192 valence electrons. The molecule has 1 aromatic heterocycles. The van der Waals surface area contributed by atoms with Gasteiger partial charge in [-0.25, -0.2) is 18.4 Å². The summed E-state index contributed by atoms with van der Waals surface area (Å²) in [6.07, 6.45) is 1.58. The maximum absolute atomic E-state index is 13.9. The molecule has 1 aliphatic rings. The van der Waals surface area contributed by atoms with E-state index in [1.54, 1.807) is 39.1 Å². The summed E-state index contributed by atoms with van der Waals surface area (Å²) in [6, 6.07) is 11.1. The summed E-state index contributed by atoms with van der Waals surface area (Å²) >= 11 is 0. The lowest BCUT2D eigenvalue weighted by Crippen LogP contribution is -2.35. The molecule has 0 bridgehead atoms. The molecular formula is C27H25F2N3O5. The van der Waals surface area contributed by atoms with Crippen molar-refractivity contribution in [1.29, 1.82) is 5.26 Å². The van der Waals surface area contributed by atoms with E-state index in [2.05, 4.69) is 0 Å². The maximum Gasteiger partial charge on any atom is 0.410 e. The lowest BCUT2D eigenvalue weighted by atomic mass is 10.0. The number of benzene rings is 2. The van der Waals surface area contributed by atoms with Gasteiger partial charge in [0.1, 0.15) is 23.1 Å². The van der Waals surface area contributed by atoms with Gasteiger partial charge in [0.25, 0.3) is 0 Å². The molecule has 1 saturated heterocycles. The Morgan fingerprint density at radius 3 is 2.32 bits per heavy atom. The largest absolute Gasteiger partial charge is 0.477 e. The van der Waals surface area contributed by atoms with Crippen molar-refractivity contribution in [2.45, 2.75) is 38.8 Å². The summed E-state index contributed by atoms with van der Waals surface area (Å²) in [5.74, 6) is -3.35. The van der Waals surface area contributed by atoms with Crippen molar-refractivity contribution in [3.05, 3.63) is 71.6 Å². The molecule has 10 heteroatoms. The number of carbonyl (C=O) groups is 2. The first-order valence-corrected chi connectivity index (χ1v) is 11.6. The lowest BCUT2D eigenvalue weighted by molar-refractivity contribution is 0.0289. The number of carbonyl (C=O) groups excluding carboxylic acids is 1. The zero-order valence-electron chi connectivity index (χ0n) is 20.5. The van der Waals surface area contributed by atoms with Crippen molar-refractivity contribution in [3.8, 4) is 28.7 Å². The van der Waals surface area contributed by atoms with Crippen LogP contribution in [0.15, 0.2) is 48.7 Å². The minimum absolute atomic E-state index is 0.0305. The van der Waals surface area contributed by atoms with E-state index in [1.165, 1.54) is 27.7 Å². The summed E-state index contributed by atoms with van der Waals surface area (Å²) < 4.78 is 40.1. The quantitative estimate of drug-likeness (QED) is 0.454. The van der Waals surface area contributed by atoms with E-state index in [-0.39, 0.29) is 29.6 Å². The van der Waals surface area contributed by atoms with Crippen LogP contribution in [-0.2, 0) is 4.74 Å². The highest BCUT2D eigenvalue weighted by molar-refractivity contribution is 5.93. The van der Waals surface area contributed by atoms with Gasteiger partial charge in [-0.2, -0.15) is 5.26 Å². The van der Waals surface area contributed by atoms with Gasteiger partial charge in [0.05, 0.1) is 11.6 Å². The minimum atomic E-state index is -1.27. The minimum Gasteiger partial charge on any atom is -0.477 e. The van der Waals surface area contributed by atoms with E-state index in [0.717, 1.165) is 12.1 Å². The number of halogens is 2. The number of ether oxygens (including phenoxy) is 2. The number of likely N-dealkylation sites (tertiary alicyclic amines) is 1. The molecule has 8 nitrogen and oxygen atoms in total. The molecule has 3 aromatic rings. The van der Waals surface area contributed by atoms with Gasteiger partial charge < -0.3 is 24.0 Å². The Kier molecular flexibility index (Phi) is 6.90. The van der Waals surface area contributed by atoms with Crippen molar-refractivity contribution >= 4 is 12.1 Å². The third-order valence-electron chi connectivity index (χ3n) is 5.86. The lowest BCUT2D eigenvalue weighted by Gasteiger charge is -2.24. The molecular weight excluding hydrogens is 484 g/mol. The molecule has 0 aliphatic carbocycles. The second-order valence-corrected chi connectivity index (χ2v) is 9.64. The van der Waals surface area contributed by atoms with Gasteiger partial charge in [-0.3, -0.25) is 0 Å². The Labute approximate surface area is 212 Å². The van der Waals surface area contributed by atoms with Crippen LogP contribution in [0.3, 0.4) is 0 Å². The number of para-hydroxylation sites is 1. The smallest absolute Gasteiger partial charge is 0.410 e. The first-order chi connectivity index (χ1) is 17.5. The molecule has 4 rings (SSSR count). The third kappa shape index (κ3) is 5.40. The first kappa shape index (κ1) is 25.7. The molecule has 1 N–H and O–H groups in total. The molecule has 1 fully saturated rings. The van der Waals surface area contributed by atoms with Gasteiger partial charge in [0.2, 0.25) is 0 Å². The number of carboxylic acid groups (broad SMARTS) is 1. The van der Waals surface area contributed by atoms with Crippen molar-refractivity contribution < 1.29 is 33.0 Å². The summed E-state index contributed by atoms with van der Waals surface area (Å²) in [6.45, 7) is 5.91. The monoisotopic (exact) mass is 509 g/mol. The Hall–Kier alpha value is -4.39. The van der Waals surface area contributed by atoms with Crippen molar-refractivity contribution in [3.63, 3.8) is 0 Å². The second-order valence-electron chi connectivity index (χ2n) is 9.64. The average Bonchev–Trinajstić information content (AvgIpc) is 3.46. The van der Waals surface area contributed by atoms with E-state index in [1.807, 2.05) is 6.07 Å². The topological polar surface area (TPSA) is 105 Å². The summed E-state index contributed by atoms with van der Waals surface area (Å²) in [7, 11) is 0. The summed E-state index contributed by atoms with van der Waals surface area (Å²) in [4.78, 5) is 26.2. The number of nitriles is 1. The Morgan fingerprint density at radius 2 is 1.76 bits per heavy atom. The second kappa shape index (κ2) is 9.93. The van der Waals surface area contributed by atoms with Crippen molar-refractivity contribution in [2.75, 3.05) is 13.1 Å². The summed E-state index contributed by atoms with van der Waals surface area (Å²) in [5, 5.41) is 19.7. The third-order valence-corrected chi connectivity index (χ3v) is 5.86. The van der Waals surface area contributed by atoms with E-state index in [4.69, 9.17) is 9.47 Å². The zero-order chi connectivity index (χ0) is 26.9. The molecule has 0 spiro atoms. The number of nitrogens with zero attached hydrogens (tertiary/aromatic N) is 3. The van der Waals surface area contributed by atoms with Crippen LogP contribution < -0.4 is 4.74 Å². The fourth-order valence-corrected chi connectivity index (χ4v) is 4.22. The van der Waals surface area contributed by atoms with Crippen LogP contribution in [0.5, 0.6) is 11.5 Å². The highest BCUT2D eigenvalue weighted by Gasteiger charge is 2.34. The SMILES string of the molecule is CC(C)(C)OC(=O)N1CC[C@@H](n2cc(-c3ccc(Oc4c(F)cccc4F)cc3)c(C#N)c2C(=O)O)C1. The van der Waals surface area contributed by atoms with Crippen molar-refractivity contribution in [2.24, 2.45) is 0 Å². The number of hydrogen-bond donors (Lipinski definition) is 1. The molecule has 1 amide bonds. The molecule has 2 aromatic carbocycles. The van der Waals surface area contributed by atoms with E-state index in [0.29, 0.717) is 24.1 Å². The van der Waals surface area contributed by atoms with Crippen LogP contribution in [0, 0.1) is 23.0 Å².